The zero-order valence-corrected chi connectivity index (χ0v) is 12.2. The van der Waals surface area contributed by atoms with Crippen molar-refractivity contribution in [1.82, 2.24) is 5.43 Å². The third kappa shape index (κ3) is 2.48. The molecular formula is C15H17BrN2. The van der Waals surface area contributed by atoms with Gasteiger partial charge in [0, 0.05) is 4.47 Å². The highest BCUT2D eigenvalue weighted by Crippen LogP contribution is 2.29. The molecule has 2 rings (SSSR count). The number of hydrazine groups is 1. The maximum absolute atomic E-state index is 5.76. The van der Waals surface area contributed by atoms with Crippen molar-refractivity contribution in [2.75, 3.05) is 0 Å². The maximum Gasteiger partial charge on any atom is 0.0715 e. The molecule has 94 valence electrons. The van der Waals surface area contributed by atoms with Crippen LogP contribution in [0, 0.1) is 13.8 Å². The molecule has 0 aliphatic rings. The molecule has 0 radical (unpaired) electrons. The molecule has 0 aliphatic carbocycles. The van der Waals surface area contributed by atoms with Crippen molar-refractivity contribution in [2.45, 2.75) is 19.9 Å². The number of benzene rings is 2. The highest BCUT2D eigenvalue weighted by molar-refractivity contribution is 9.10. The second-order valence-corrected chi connectivity index (χ2v) is 5.26. The number of aryl methyl sites for hydroxylation is 1. The van der Waals surface area contributed by atoms with Gasteiger partial charge in [-0.1, -0.05) is 52.3 Å². The lowest BCUT2D eigenvalue weighted by Crippen LogP contribution is -2.30. The molecule has 1 atom stereocenters. The van der Waals surface area contributed by atoms with Crippen LogP contribution in [-0.4, -0.2) is 0 Å². The van der Waals surface area contributed by atoms with Crippen molar-refractivity contribution >= 4 is 15.9 Å². The fourth-order valence-electron chi connectivity index (χ4n) is 2.19. The first-order chi connectivity index (χ1) is 8.65. The standard InChI is InChI=1S/C15H17BrN2/c1-10-6-3-4-7-12(10)15(18-17)13-8-5-9-14(16)11(13)2/h3-9,15,18H,17H2,1-2H3. The molecule has 1 unspecified atom stereocenters. The lowest BCUT2D eigenvalue weighted by Gasteiger charge is -2.21. The van der Waals surface area contributed by atoms with Gasteiger partial charge in [-0.05, 0) is 42.2 Å². The topological polar surface area (TPSA) is 38.0 Å². The second-order valence-electron chi connectivity index (χ2n) is 4.41. The van der Waals surface area contributed by atoms with Crippen molar-refractivity contribution in [1.29, 1.82) is 0 Å². The number of halogens is 1. The molecule has 3 heteroatoms. The predicted octanol–water partition coefficient (Wildman–Crippen LogP) is 3.62. The number of nitrogens with two attached hydrogens (primary N) is 1. The fourth-order valence-corrected chi connectivity index (χ4v) is 2.58. The van der Waals surface area contributed by atoms with E-state index in [1.54, 1.807) is 0 Å². The summed E-state index contributed by atoms with van der Waals surface area (Å²) in [4.78, 5) is 0. The van der Waals surface area contributed by atoms with E-state index in [-0.39, 0.29) is 6.04 Å². The van der Waals surface area contributed by atoms with Crippen LogP contribution in [0.2, 0.25) is 0 Å². The number of rotatable bonds is 3. The minimum Gasteiger partial charge on any atom is -0.271 e. The van der Waals surface area contributed by atoms with Gasteiger partial charge in [0.15, 0.2) is 0 Å². The van der Waals surface area contributed by atoms with Gasteiger partial charge in [0.25, 0.3) is 0 Å². The molecule has 0 spiro atoms. The first kappa shape index (κ1) is 13.3. The van der Waals surface area contributed by atoms with Gasteiger partial charge in [0.05, 0.1) is 6.04 Å². The van der Waals surface area contributed by atoms with Crippen LogP contribution in [0.1, 0.15) is 28.3 Å². The molecule has 0 aromatic heterocycles. The highest BCUT2D eigenvalue weighted by atomic mass is 79.9. The summed E-state index contributed by atoms with van der Waals surface area (Å²) in [5.74, 6) is 5.76. The summed E-state index contributed by atoms with van der Waals surface area (Å²) >= 11 is 3.57. The molecule has 2 aromatic rings. The monoisotopic (exact) mass is 304 g/mol. The normalized spacial score (nSPS) is 12.4. The predicted molar refractivity (Wildman–Crippen MR) is 79.2 cm³/mol. The fraction of sp³-hybridized carbons (Fsp3) is 0.200. The summed E-state index contributed by atoms with van der Waals surface area (Å²) in [7, 11) is 0. The van der Waals surface area contributed by atoms with E-state index in [0.717, 1.165) is 4.47 Å². The molecule has 0 fully saturated rings. The van der Waals surface area contributed by atoms with E-state index in [9.17, 15) is 0 Å². The van der Waals surface area contributed by atoms with Crippen LogP contribution >= 0.6 is 15.9 Å². The van der Waals surface area contributed by atoms with Crippen LogP contribution in [0.25, 0.3) is 0 Å². The third-order valence-corrected chi connectivity index (χ3v) is 4.15. The molecule has 0 saturated carbocycles. The summed E-state index contributed by atoms with van der Waals surface area (Å²) in [5, 5.41) is 0. The van der Waals surface area contributed by atoms with Crippen molar-refractivity contribution in [3.8, 4) is 0 Å². The maximum atomic E-state index is 5.76. The quantitative estimate of drug-likeness (QED) is 0.671. The SMILES string of the molecule is Cc1ccccc1C(NN)c1cccc(Br)c1C. The second kappa shape index (κ2) is 5.65. The van der Waals surface area contributed by atoms with Crippen LogP contribution in [0.15, 0.2) is 46.9 Å². The number of hydrogen-bond donors (Lipinski definition) is 2. The molecule has 3 N–H and O–H groups in total. The van der Waals surface area contributed by atoms with E-state index in [1.165, 1.54) is 22.3 Å². The van der Waals surface area contributed by atoms with Crippen LogP contribution in [-0.2, 0) is 0 Å². The molecule has 2 nitrogen and oxygen atoms in total. The Labute approximate surface area is 116 Å². The summed E-state index contributed by atoms with van der Waals surface area (Å²) in [5.41, 5.74) is 7.78. The van der Waals surface area contributed by atoms with Gasteiger partial charge >= 0.3 is 0 Å². The Bertz CT molecular complexity index is 552. The van der Waals surface area contributed by atoms with Crippen LogP contribution in [0.5, 0.6) is 0 Å². The minimum absolute atomic E-state index is 0.0173. The average Bonchev–Trinajstić information content (AvgIpc) is 2.37. The van der Waals surface area contributed by atoms with E-state index in [2.05, 4.69) is 53.4 Å². The molecule has 2 aromatic carbocycles. The van der Waals surface area contributed by atoms with E-state index < -0.39 is 0 Å². The molecule has 0 amide bonds. The Hall–Kier alpha value is -1.16. The molecular weight excluding hydrogens is 288 g/mol. The first-order valence-electron chi connectivity index (χ1n) is 5.92. The van der Waals surface area contributed by atoms with Gasteiger partial charge in [0.1, 0.15) is 0 Å². The summed E-state index contributed by atoms with van der Waals surface area (Å²) in [6.07, 6.45) is 0. The van der Waals surface area contributed by atoms with Crippen molar-refractivity contribution in [3.05, 3.63) is 69.2 Å². The summed E-state index contributed by atoms with van der Waals surface area (Å²) < 4.78 is 1.11. The zero-order chi connectivity index (χ0) is 13.1. The number of nitrogens with one attached hydrogen (secondary N) is 1. The van der Waals surface area contributed by atoms with E-state index in [4.69, 9.17) is 5.84 Å². The summed E-state index contributed by atoms with van der Waals surface area (Å²) in [6, 6.07) is 14.5. The van der Waals surface area contributed by atoms with Gasteiger partial charge in [-0.15, -0.1) is 0 Å². The van der Waals surface area contributed by atoms with E-state index in [1.807, 2.05) is 24.3 Å². The Kier molecular flexibility index (Phi) is 4.17. The molecule has 0 saturated heterocycles. The average molecular weight is 305 g/mol. The smallest absolute Gasteiger partial charge is 0.0715 e. The van der Waals surface area contributed by atoms with Crippen LogP contribution < -0.4 is 11.3 Å². The van der Waals surface area contributed by atoms with Crippen LogP contribution in [0.3, 0.4) is 0 Å². The van der Waals surface area contributed by atoms with Crippen molar-refractivity contribution < 1.29 is 0 Å². The minimum atomic E-state index is 0.0173. The highest BCUT2D eigenvalue weighted by Gasteiger charge is 2.16. The molecule has 18 heavy (non-hydrogen) atoms. The molecule has 0 bridgehead atoms. The van der Waals surface area contributed by atoms with Crippen molar-refractivity contribution in [3.63, 3.8) is 0 Å². The third-order valence-electron chi connectivity index (χ3n) is 3.29. The van der Waals surface area contributed by atoms with Gasteiger partial charge in [-0.3, -0.25) is 5.84 Å². The largest absolute Gasteiger partial charge is 0.271 e. The lowest BCUT2D eigenvalue weighted by molar-refractivity contribution is 0.630. The van der Waals surface area contributed by atoms with Gasteiger partial charge < -0.3 is 0 Å². The van der Waals surface area contributed by atoms with E-state index in [0.29, 0.717) is 0 Å². The van der Waals surface area contributed by atoms with E-state index >= 15 is 0 Å². The van der Waals surface area contributed by atoms with Crippen LogP contribution in [0.4, 0.5) is 0 Å². The van der Waals surface area contributed by atoms with Gasteiger partial charge in [-0.2, -0.15) is 0 Å². The Morgan fingerprint density at radius 3 is 2.33 bits per heavy atom. The van der Waals surface area contributed by atoms with Crippen molar-refractivity contribution in [2.24, 2.45) is 5.84 Å². The molecule has 0 aliphatic heterocycles. The lowest BCUT2D eigenvalue weighted by atomic mass is 9.93. The number of hydrogen-bond acceptors (Lipinski definition) is 2. The Morgan fingerprint density at radius 1 is 1.00 bits per heavy atom. The Balaban J connectivity index is 2.53. The zero-order valence-electron chi connectivity index (χ0n) is 10.6. The first-order valence-corrected chi connectivity index (χ1v) is 6.71. The summed E-state index contributed by atoms with van der Waals surface area (Å²) in [6.45, 7) is 4.20. The molecule has 0 heterocycles. The Morgan fingerprint density at radius 2 is 1.67 bits per heavy atom. The van der Waals surface area contributed by atoms with Gasteiger partial charge in [-0.25, -0.2) is 5.43 Å². The van der Waals surface area contributed by atoms with Gasteiger partial charge in [0.2, 0.25) is 0 Å².